The molecule has 28 heavy (non-hydrogen) atoms. The van der Waals surface area contributed by atoms with E-state index in [1.54, 1.807) is 6.92 Å². The first kappa shape index (κ1) is 19.8. The monoisotopic (exact) mass is 384 g/mol. The number of benzene rings is 1. The summed E-state index contributed by atoms with van der Waals surface area (Å²) in [4.78, 5) is 29.2. The van der Waals surface area contributed by atoms with E-state index in [9.17, 15) is 14.0 Å². The summed E-state index contributed by atoms with van der Waals surface area (Å²) in [5, 5.41) is 8.58. The number of halogens is 1. The molecule has 1 fully saturated rings. The van der Waals surface area contributed by atoms with Crippen LogP contribution in [-0.4, -0.2) is 22.5 Å². The van der Waals surface area contributed by atoms with E-state index in [0.29, 0.717) is 24.9 Å². The first-order valence-electron chi connectivity index (χ1n) is 9.50. The second-order valence-corrected chi connectivity index (χ2v) is 7.21. The first-order chi connectivity index (χ1) is 13.5. The topological polar surface area (TPSA) is 83.1 Å². The van der Waals surface area contributed by atoms with Crippen molar-refractivity contribution in [1.29, 1.82) is 0 Å². The average molecular weight is 384 g/mol. The number of carbonyl (C=O) groups is 2. The lowest BCUT2D eigenvalue weighted by atomic mass is 9.95. The highest BCUT2D eigenvalue weighted by molar-refractivity contribution is 5.91. The molecule has 1 saturated carbocycles. The third kappa shape index (κ3) is 4.85. The van der Waals surface area contributed by atoms with Crippen LogP contribution in [0.3, 0.4) is 0 Å². The van der Waals surface area contributed by atoms with Gasteiger partial charge in [0.1, 0.15) is 11.4 Å². The Morgan fingerprint density at radius 2 is 1.89 bits per heavy atom. The normalized spacial score (nSPS) is 16.2. The highest BCUT2D eigenvalue weighted by atomic mass is 19.1. The first-order valence-corrected chi connectivity index (χ1v) is 9.50. The number of rotatable bonds is 6. The van der Waals surface area contributed by atoms with Gasteiger partial charge in [-0.15, -0.1) is 0 Å². The van der Waals surface area contributed by atoms with Gasteiger partial charge in [0.15, 0.2) is 0 Å². The molecule has 6 nitrogen and oxygen atoms in total. The van der Waals surface area contributed by atoms with Gasteiger partial charge in [0, 0.05) is 12.7 Å². The summed E-state index contributed by atoms with van der Waals surface area (Å²) in [5.41, 5.74) is 0.611. The molecule has 3 rings (SSSR count). The van der Waals surface area contributed by atoms with E-state index in [4.69, 9.17) is 0 Å². The second kappa shape index (κ2) is 8.82. The summed E-state index contributed by atoms with van der Waals surface area (Å²) < 4.78 is 13.4. The van der Waals surface area contributed by atoms with Crippen LogP contribution in [0, 0.1) is 5.82 Å². The Hall–Kier alpha value is -2.96. The number of aromatic nitrogens is 1. The van der Waals surface area contributed by atoms with Crippen molar-refractivity contribution in [2.24, 2.45) is 0 Å². The molecule has 1 heterocycles. The second-order valence-electron chi connectivity index (χ2n) is 7.21. The van der Waals surface area contributed by atoms with Gasteiger partial charge in [0.2, 0.25) is 5.91 Å². The number of pyridine rings is 1. The van der Waals surface area contributed by atoms with Crippen LogP contribution >= 0.6 is 0 Å². The molecule has 0 radical (unpaired) electrons. The van der Waals surface area contributed by atoms with Crippen molar-refractivity contribution in [3.8, 4) is 0 Å². The molecule has 1 aromatic heterocycles. The number of hydrogen-bond donors (Lipinski definition) is 3. The minimum absolute atomic E-state index is 0.253. The quantitative estimate of drug-likeness (QED) is 0.715. The molecule has 1 aliphatic rings. The van der Waals surface area contributed by atoms with Gasteiger partial charge < -0.3 is 16.0 Å². The summed E-state index contributed by atoms with van der Waals surface area (Å²) in [7, 11) is 0. The fraction of sp³-hybridized carbons (Fsp3) is 0.381. The number of carbonyl (C=O) groups excluding carboxylic acids is 2. The number of nitrogens with one attached hydrogen (secondary N) is 3. The van der Waals surface area contributed by atoms with Crippen LogP contribution < -0.4 is 16.0 Å². The van der Waals surface area contributed by atoms with Gasteiger partial charge in [0.25, 0.3) is 0 Å². The molecule has 1 aliphatic carbocycles. The summed E-state index contributed by atoms with van der Waals surface area (Å²) in [6.07, 6.45) is 5.52. The lowest BCUT2D eigenvalue weighted by molar-refractivity contribution is -0.127. The van der Waals surface area contributed by atoms with E-state index in [1.165, 1.54) is 12.3 Å². The van der Waals surface area contributed by atoms with Crippen molar-refractivity contribution < 1.29 is 14.0 Å². The van der Waals surface area contributed by atoms with Crippen molar-refractivity contribution in [2.75, 3.05) is 0 Å². The van der Waals surface area contributed by atoms with Gasteiger partial charge >= 0.3 is 6.03 Å². The minimum Gasteiger partial charge on any atom is -0.347 e. The zero-order valence-corrected chi connectivity index (χ0v) is 15.9. The number of hydrogen-bond acceptors (Lipinski definition) is 3. The molecule has 1 aromatic carbocycles. The molecule has 148 valence electrons. The fourth-order valence-electron chi connectivity index (χ4n) is 3.51. The number of nitrogens with zero attached hydrogens (tertiary/aromatic N) is 1. The maximum absolute atomic E-state index is 13.4. The molecule has 3 amide bonds. The molecular formula is C21H25FN4O2. The molecule has 3 N–H and O–H groups in total. The van der Waals surface area contributed by atoms with E-state index < -0.39 is 17.4 Å². The molecule has 0 saturated heterocycles. The largest absolute Gasteiger partial charge is 0.347 e. The van der Waals surface area contributed by atoms with Crippen molar-refractivity contribution in [3.05, 3.63) is 65.7 Å². The van der Waals surface area contributed by atoms with Crippen LogP contribution in [0.25, 0.3) is 0 Å². The maximum Gasteiger partial charge on any atom is 0.315 e. The third-order valence-corrected chi connectivity index (χ3v) is 5.11. The number of urea groups is 1. The molecule has 0 bridgehead atoms. The summed E-state index contributed by atoms with van der Waals surface area (Å²) in [5.74, 6) is -0.704. The zero-order chi connectivity index (χ0) is 20.0. The van der Waals surface area contributed by atoms with Gasteiger partial charge in [-0.2, -0.15) is 0 Å². The van der Waals surface area contributed by atoms with Crippen LogP contribution in [0.4, 0.5) is 9.18 Å². The molecule has 0 unspecified atom stereocenters. The molecule has 7 heteroatoms. The van der Waals surface area contributed by atoms with Gasteiger partial charge in [-0.1, -0.05) is 43.2 Å². The van der Waals surface area contributed by atoms with Crippen molar-refractivity contribution in [2.45, 2.75) is 50.7 Å². The van der Waals surface area contributed by atoms with Gasteiger partial charge in [-0.25, -0.2) is 9.18 Å². The Labute approximate surface area is 163 Å². The summed E-state index contributed by atoms with van der Waals surface area (Å²) >= 11 is 0. The number of amides is 3. The highest BCUT2D eigenvalue weighted by Crippen LogP contribution is 2.30. The van der Waals surface area contributed by atoms with E-state index in [0.717, 1.165) is 24.6 Å². The lowest BCUT2D eigenvalue weighted by Gasteiger charge is -2.30. The Morgan fingerprint density at radius 1 is 1.18 bits per heavy atom. The van der Waals surface area contributed by atoms with Crippen LogP contribution in [0.5, 0.6) is 0 Å². The van der Waals surface area contributed by atoms with Crippen molar-refractivity contribution >= 4 is 11.9 Å². The molecule has 0 spiro atoms. The molecule has 1 atom stereocenters. The van der Waals surface area contributed by atoms with Crippen molar-refractivity contribution in [3.63, 3.8) is 0 Å². The molecule has 0 aliphatic heterocycles. The van der Waals surface area contributed by atoms with E-state index in [-0.39, 0.29) is 11.9 Å². The summed E-state index contributed by atoms with van der Waals surface area (Å²) in [6.45, 7) is 2.15. The van der Waals surface area contributed by atoms with Gasteiger partial charge in [-0.3, -0.25) is 9.78 Å². The SMILES string of the molecule is C[C@@H](NC(=O)C1(NC(=O)NCc2ccccc2)CCCC1)c1cncc(F)c1. The Morgan fingerprint density at radius 3 is 2.57 bits per heavy atom. The third-order valence-electron chi connectivity index (χ3n) is 5.11. The van der Waals surface area contributed by atoms with E-state index in [2.05, 4.69) is 20.9 Å². The molecular weight excluding hydrogens is 359 g/mol. The van der Waals surface area contributed by atoms with Gasteiger partial charge in [0.05, 0.1) is 12.2 Å². The van der Waals surface area contributed by atoms with E-state index in [1.807, 2.05) is 30.3 Å². The fourth-order valence-corrected chi connectivity index (χ4v) is 3.51. The smallest absolute Gasteiger partial charge is 0.315 e. The highest BCUT2D eigenvalue weighted by Gasteiger charge is 2.42. The zero-order valence-electron chi connectivity index (χ0n) is 15.9. The van der Waals surface area contributed by atoms with Crippen LogP contribution in [0.15, 0.2) is 48.8 Å². The van der Waals surface area contributed by atoms with Crippen LogP contribution in [0.2, 0.25) is 0 Å². The Kier molecular flexibility index (Phi) is 6.23. The predicted octanol–water partition coefficient (Wildman–Crippen LogP) is 3.21. The Bertz CT molecular complexity index is 822. The summed E-state index contributed by atoms with van der Waals surface area (Å²) in [6, 6.07) is 10.1. The average Bonchev–Trinajstić information content (AvgIpc) is 3.17. The van der Waals surface area contributed by atoms with Crippen LogP contribution in [0.1, 0.15) is 49.8 Å². The maximum atomic E-state index is 13.4. The van der Waals surface area contributed by atoms with Gasteiger partial charge in [-0.05, 0) is 37.0 Å². The lowest BCUT2D eigenvalue weighted by Crippen LogP contribution is -2.59. The van der Waals surface area contributed by atoms with Crippen LogP contribution in [-0.2, 0) is 11.3 Å². The van der Waals surface area contributed by atoms with E-state index >= 15 is 0 Å². The standard InChI is InChI=1S/C21H25FN4O2/c1-15(17-11-18(22)14-23-13-17)25-19(27)21(9-5-6-10-21)26-20(28)24-12-16-7-3-2-4-8-16/h2-4,7-8,11,13-15H,5-6,9-10,12H2,1H3,(H,25,27)(H2,24,26,28)/t15-/m1/s1. The van der Waals surface area contributed by atoms with Crippen molar-refractivity contribution in [1.82, 2.24) is 20.9 Å². The molecule has 2 aromatic rings. The Balaban J connectivity index is 1.62. The minimum atomic E-state index is -0.949. The predicted molar refractivity (Wildman–Crippen MR) is 104 cm³/mol.